The molecule has 27 heavy (non-hydrogen) atoms. The summed E-state index contributed by atoms with van der Waals surface area (Å²) in [5.41, 5.74) is 2.15. The van der Waals surface area contributed by atoms with E-state index in [9.17, 15) is 9.18 Å². The van der Waals surface area contributed by atoms with Crippen molar-refractivity contribution < 1.29 is 9.18 Å². The maximum atomic E-state index is 13.6. The molecule has 1 amide bonds. The lowest BCUT2D eigenvalue weighted by Crippen LogP contribution is -2.08. The van der Waals surface area contributed by atoms with Gasteiger partial charge in [0, 0.05) is 30.9 Å². The predicted molar refractivity (Wildman–Crippen MR) is 105 cm³/mol. The van der Waals surface area contributed by atoms with Crippen LogP contribution in [0, 0.1) is 5.82 Å². The van der Waals surface area contributed by atoms with Crippen molar-refractivity contribution in [2.75, 3.05) is 22.5 Å². The van der Waals surface area contributed by atoms with E-state index in [0.29, 0.717) is 35.9 Å². The molecule has 6 nitrogen and oxygen atoms in total. The van der Waals surface area contributed by atoms with E-state index in [1.165, 1.54) is 19.3 Å². The van der Waals surface area contributed by atoms with Crippen LogP contribution in [0.25, 0.3) is 0 Å². The van der Waals surface area contributed by atoms with Gasteiger partial charge in [-0.05, 0) is 36.2 Å². The summed E-state index contributed by atoms with van der Waals surface area (Å²) in [7, 11) is 0. The molecule has 3 aromatic rings. The Morgan fingerprint density at radius 2 is 1.78 bits per heavy atom. The van der Waals surface area contributed by atoms with E-state index >= 15 is 0 Å². The number of nitrogens with zero attached hydrogens (tertiary/aromatic N) is 2. The number of rotatable bonds is 7. The zero-order valence-corrected chi connectivity index (χ0v) is 14.9. The van der Waals surface area contributed by atoms with Gasteiger partial charge in [-0.25, -0.2) is 14.4 Å². The smallest absolute Gasteiger partial charge is 0.221 e. The minimum atomic E-state index is -0.205. The van der Waals surface area contributed by atoms with Crippen LogP contribution in [0.1, 0.15) is 12.5 Å². The molecule has 0 bridgehead atoms. The fourth-order valence-corrected chi connectivity index (χ4v) is 2.57. The van der Waals surface area contributed by atoms with Crippen LogP contribution in [0.2, 0.25) is 0 Å². The summed E-state index contributed by atoms with van der Waals surface area (Å²) in [6.07, 6.45) is 2.00. The quantitative estimate of drug-likeness (QED) is 0.590. The molecule has 0 radical (unpaired) electrons. The highest BCUT2D eigenvalue weighted by molar-refractivity contribution is 5.89. The molecule has 0 saturated carbocycles. The van der Waals surface area contributed by atoms with Crippen LogP contribution < -0.4 is 16.0 Å². The molecule has 0 atom stereocenters. The molecule has 1 heterocycles. The highest BCUT2D eigenvalue weighted by atomic mass is 19.1. The molecule has 2 aromatic carbocycles. The summed E-state index contributed by atoms with van der Waals surface area (Å²) in [6.45, 7) is 2.01. The number of amides is 1. The van der Waals surface area contributed by atoms with Gasteiger partial charge in [0.15, 0.2) is 0 Å². The normalized spacial score (nSPS) is 10.3. The third-order valence-electron chi connectivity index (χ3n) is 3.78. The lowest BCUT2D eigenvalue weighted by molar-refractivity contribution is -0.114. The van der Waals surface area contributed by atoms with Crippen molar-refractivity contribution >= 4 is 28.9 Å². The van der Waals surface area contributed by atoms with E-state index in [-0.39, 0.29) is 11.7 Å². The lowest BCUT2D eigenvalue weighted by atomic mass is 10.1. The SMILES string of the molecule is CC(=O)Nc1cccc(Nc2cc(NCCc3ccccc3F)ncn2)c1. The van der Waals surface area contributed by atoms with Crippen LogP contribution in [0.4, 0.5) is 27.4 Å². The van der Waals surface area contributed by atoms with Crippen LogP contribution in [-0.4, -0.2) is 22.4 Å². The Hall–Kier alpha value is -3.48. The zero-order chi connectivity index (χ0) is 19.1. The van der Waals surface area contributed by atoms with Gasteiger partial charge in [0.1, 0.15) is 23.8 Å². The number of aromatic nitrogens is 2. The maximum Gasteiger partial charge on any atom is 0.221 e. The Kier molecular flexibility index (Phi) is 5.94. The van der Waals surface area contributed by atoms with Gasteiger partial charge in [0.05, 0.1) is 0 Å². The van der Waals surface area contributed by atoms with Crippen molar-refractivity contribution in [2.24, 2.45) is 0 Å². The van der Waals surface area contributed by atoms with Gasteiger partial charge in [-0.1, -0.05) is 24.3 Å². The molecule has 0 aliphatic carbocycles. The van der Waals surface area contributed by atoms with Gasteiger partial charge in [0.25, 0.3) is 0 Å². The summed E-state index contributed by atoms with van der Waals surface area (Å²) in [4.78, 5) is 19.5. The summed E-state index contributed by atoms with van der Waals surface area (Å²) in [5, 5.41) is 9.08. The Morgan fingerprint density at radius 3 is 2.59 bits per heavy atom. The van der Waals surface area contributed by atoms with E-state index in [0.717, 1.165) is 5.69 Å². The minimum Gasteiger partial charge on any atom is -0.370 e. The first-order chi connectivity index (χ1) is 13.1. The van der Waals surface area contributed by atoms with Gasteiger partial charge in [0.2, 0.25) is 5.91 Å². The van der Waals surface area contributed by atoms with Crippen LogP contribution >= 0.6 is 0 Å². The highest BCUT2D eigenvalue weighted by Gasteiger charge is 2.03. The Bertz CT molecular complexity index is 932. The third kappa shape index (κ3) is 5.50. The Morgan fingerprint density at radius 1 is 1.00 bits per heavy atom. The second-order valence-corrected chi connectivity index (χ2v) is 5.94. The van der Waals surface area contributed by atoms with Crippen LogP contribution in [-0.2, 0) is 11.2 Å². The predicted octanol–water partition coefficient (Wildman–Crippen LogP) is 3.97. The molecule has 0 aliphatic rings. The number of hydrogen-bond donors (Lipinski definition) is 3. The number of nitrogens with one attached hydrogen (secondary N) is 3. The topological polar surface area (TPSA) is 78.9 Å². The molecular weight excluding hydrogens is 345 g/mol. The molecule has 7 heteroatoms. The molecule has 138 valence electrons. The van der Waals surface area contributed by atoms with Gasteiger partial charge in [-0.3, -0.25) is 4.79 Å². The molecule has 1 aromatic heterocycles. The molecule has 3 N–H and O–H groups in total. The lowest BCUT2D eigenvalue weighted by Gasteiger charge is -2.10. The first-order valence-corrected chi connectivity index (χ1v) is 8.54. The van der Waals surface area contributed by atoms with Gasteiger partial charge < -0.3 is 16.0 Å². The summed E-state index contributed by atoms with van der Waals surface area (Å²) >= 11 is 0. The van der Waals surface area contributed by atoms with Crippen molar-refractivity contribution in [1.82, 2.24) is 9.97 Å². The fraction of sp³-hybridized carbons (Fsp3) is 0.150. The van der Waals surface area contributed by atoms with Crippen LogP contribution in [0.3, 0.4) is 0 Å². The van der Waals surface area contributed by atoms with Crippen LogP contribution in [0.5, 0.6) is 0 Å². The van der Waals surface area contributed by atoms with Gasteiger partial charge in [-0.15, -0.1) is 0 Å². The second kappa shape index (κ2) is 8.75. The van der Waals surface area contributed by atoms with E-state index in [1.807, 2.05) is 30.3 Å². The monoisotopic (exact) mass is 365 g/mol. The molecule has 0 spiro atoms. The molecule has 0 saturated heterocycles. The van der Waals surface area contributed by atoms with E-state index in [1.54, 1.807) is 18.2 Å². The fourth-order valence-electron chi connectivity index (χ4n) is 2.57. The molecule has 0 fully saturated rings. The summed E-state index contributed by atoms with van der Waals surface area (Å²) in [6, 6.07) is 15.8. The minimum absolute atomic E-state index is 0.129. The zero-order valence-electron chi connectivity index (χ0n) is 14.9. The van der Waals surface area contributed by atoms with Crippen LogP contribution in [0.15, 0.2) is 60.9 Å². The third-order valence-corrected chi connectivity index (χ3v) is 3.78. The van der Waals surface area contributed by atoms with E-state index < -0.39 is 0 Å². The first kappa shape index (κ1) is 18.3. The maximum absolute atomic E-state index is 13.6. The Balaban J connectivity index is 1.60. The number of carbonyl (C=O) groups excluding carboxylic acids is 1. The molecule has 0 aliphatic heterocycles. The molecular formula is C20H20FN5O. The summed E-state index contributed by atoms with van der Waals surface area (Å²) in [5.74, 6) is 0.916. The van der Waals surface area contributed by atoms with Gasteiger partial charge >= 0.3 is 0 Å². The van der Waals surface area contributed by atoms with Crippen molar-refractivity contribution in [3.8, 4) is 0 Å². The largest absolute Gasteiger partial charge is 0.370 e. The number of anilines is 4. The number of benzene rings is 2. The Labute approximate surface area is 156 Å². The summed E-state index contributed by atoms with van der Waals surface area (Å²) < 4.78 is 13.6. The number of halogens is 1. The van der Waals surface area contributed by atoms with Crippen molar-refractivity contribution in [3.05, 3.63) is 72.3 Å². The van der Waals surface area contributed by atoms with Crippen molar-refractivity contribution in [3.63, 3.8) is 0 Å². The van der Waals surface area contributed by atoms with E-state index in [4.69, 9.17) is 0 Å². The highest BCUT2D eigenvalue weighted by Crippen LogP contribution is 2.20. The average molecular weight is 365 g/mol. The van der Waals surface area contributed by atoms with Gasteiger partial charge in [-0.2, -0.15) is 0 Å². The number of carbonyl (C=O) groups is 1. The molecule has 0 unspecified atom stereocenters. The van der Waals surface area contributed by atoms with Crippen molar-refractivity contribution in [2.45, 2.75) is 13.3 Å². The standard InChI is InChI=1S/C20H20FN5O/c1-14(27)25-16-6-4-7-17(11-16)26-20-12-19(23-13-24-20)22-10-9-15-5-2-3-8-18(15)21/h2-8,11-13H,9-10H2,1H3,(H,25,27)(H2,22,23,24,26). The van der Waals surface area contributed by atoms with E-state index in [2.05, 4.69) is 25.9 Å². The first-order valence-electron chi connectivity index (χ1n) is 8.54. The van der Waals surface area contributed by atoms with Crippen molar-refractivity contribution in [1.29, 1.82) is 0 Å². The average Bonchev–Trinajstić information content (AvgIpc) is 2.63. The second-order valence-electron chi connectivity index (χ2n) is 5.94. The molecule has 3 rings (SSSR count). The number of hydrogen-bond acceptors (Lipinski definition) is 5.